The summed E-state index contributed by atoms with van der Waals surface area (Å²) >= 11 is 18.7. The van der Waals surface area contributed by atoms with Gasteiger partial charge in [0.05, 0.1) is 14.8 Å². The molecule has 10 heteroatoms. The maximum absolute atomic E-state index is 12.6. The molecule has 3 aromatic rings. The fourth-order valence-corrected chi connectivity index (χ4v) is 4.85. The van der Waals surface area contributed by atoms with Crippen molar-refractivity contribution in [1.29, 1.82) is 0 Å². The molecule has 0 aliphatic rings. The second-order valence-corrected chi connectivity index (χ2v) is 9.74. The van der Waals surface area contributed by atoms with Crippen LogP contribution in [-0.4, -0.2) is 14.3 Å². The minimum absolute atomic E-state index is 0.00954. The second kappa shape index (κ2) is 8.08. The minimum atomic E-state index is -3.84. The smallest absolute Gasteiger partial charge is 0.261 e. The van der Waals surface area contributed by atoms with Crippen LogP contribution in [0.5, 0.6) is 0 Å². The number of sulfonamides is 1. The third-order valence-electron chi connectivity index (χ3n) is 3.40. The predicted molar refractivity (Wildman–Crippen MR) is 111 cm³/mol. The molecule has 2 aromatic carbocycles. The van der Waals surface area contributed by atoms with Gasteiger partial charge in [0, 0.05) is 16.4 Å². The lowest BCUT2D eigenvalue weighted by Crippen LogP contribution is -2.15. The molecule has 1 amide bonds. The minimum Gasteiger partial charge on any atom is -0.322 e. The van der Waals surface area contributed by atoms with E-state index in [0.29, 0.717) is 20.7 Å². The normalized spacial score (nSPS) is 11.2. The molecule has 27 heavy (non-hydrogen) atoms. The van der Waals surface area contributed by atoms with Crippen molar-refractivity contribution in [2.75, 3.05) is 10.0 Å². The summed E-state index contributed by atoms with van der Waals surface area (Å²) in [5, 5.41) is 3.11. The highest BCUT2D eigenvalue weighted by atomic mass is 35.5. The summed E-state index contributed by atoms with van der Waals surface area (Å²) in [4.78, 5) is 12.3. The molecule has 0 fully saturated rings. The van der Waals surface area contributed by atoms with Crippen molar-refractivity contribution in [3.8, 4) is 0 Å². The SMILES string of the molecule is O=C(Nc1cccc(S(=O)(=O)Nc2ccc(Cl)cc2)c1)c1cc(Cl)sc1Cl. The lowest BCUT2D eigenvalue weighted by Gasteiger charge is -2.10. The molecule has 0 radical (unpaired) electrons. The van der Waals surface area contributed by atoms with Crippen molar-refractivity contribution in [1.82, 2.24) is 0 Å². The van der Waals surface area contributed by atoms with Crippen molar-refractivity contribution < 1.29 is 13.2 Å². The number of halogens is 3. The van der Waals surface area contributed by atoms with Gasteiger partial charge in [-0.25, -0.2) is 8.42 Å². The zero-order valence-corrected chi connectivity index (χ0v) is 17.3. The number of rotatable bonds is 5. The number of carbonyl (C=O) groups excluding carboxylic acids is 1. The highest BCUT2D eigenvalue weighted by Crippen LogP contribution is 2.31. The second-order valence-electron chi connectivity index (χ2n) is 5.33. The number of anilines is 2. The molecule has 0 aliphatic carbocycles. The van der Waals surface area contributed by atoms with Crippen LogP contribution in [0.1, 0.15) is 10.4 Å². The molecule has 1 heterocycles. The van der Waals surface area contributed by atoms with Crippen LogP contribution in [0.4, 0.5) is 11.4 Å². The first-order chi connectivity index (χ1) is 12.7. The Morgan fingerprint density at radius 2 is 1.63 bits per heavy atom. The van der Waals surface area contributed by atoms with Crippen molar-refractivity contribution in [2.24, 2.45) is 0 Å². The topological polar surface area (TPSA) is 75.3 Å². The van der Waals surface area contributed by atoms with Crippen LogP contribution in [-0.2, 0) is 10.0 Å². The van der Waals surface area contributed by atoms with Gasteiger partial charge >= 0.3 is 0 Å². The highest BCUT2D eigenvalue weighted by molar-refractivity contribution is 7.92. The van der Waals surface area contributed by atoms with Gasteiger partial charge < -0.3 is 5.32 Å². The number of benzene rings is 2. The van der Waals surface area contributed by atoms with E-state index in [9.17, 15) is 13.2 Å². The average molecular weight is 462 g/mol. The molecule has 1 aromatic heterocycles. The van der Waals surface area contributed by atoms with E-state index in [4.69, 9.17) is 34.8 Å². The molecule has 0 atom stereocenters. The summed E-state index contributed by atoms with van der Waals surface area (Å²) in [5.74, 6) is -0.483. The Kier molecular flexibility index (Phi) is 5.98. The molecule has 0 saturated heterocycles. The Morgan fingerprint density at radius 1 is 0.926 bits per heavy atom. The fourth-order valence-electron chi connectivity index (χ4n) is 2.17. The summed E-state index contributed by atoms with van der Waals surface area (Å²) in [5.41, 5.74) is 0.894. The maximum atomic E-state index is 12.6. The Bertz CT molecular complexity index is 1100. The third kappa shape index (κ3) is 4.94. The lowest BCUT2D eigenvalue weighted by molar-refractivity contribution is 0.102. The van der Waals surface area contributed by atoms with Crippen molar-refractivity contribution >= 4 is 73.4 Å². The Labute approximate surface area is 174 Å². The van der Waals surface area contributed by atoms with E-state index >= 15 is 0 Å². The zero-order valence-electron chi connectivity index (χ0n) is 13.4. The van der Waals surface area contributed by atoms with Gasteiger partial charge in [0.15, 0.2) is 0 Å². The van der Waals surface area contributed by atoms with Gasteiger partial charge in [-0.05, 0) is 48.5 Å². The van der Waals surface area contributed by atoms with Crippen LogP contribution in [0.2, 0.25) is 13.7 Å². The first-order valence-corrected chi connectivity index (χ1v) is 10.8. The molecule has 3 rings (SSSR count). The van der Waals surface area contributed by atoms with E-state index < -0.39 is 15.9 Å². The number of hydrogen-bond donors (Lipinski definition) is 2. The summed E-state index contributed by atoms with van der Waals surface area (Å²) in [6, 6.07) is 13.6. The molecule has 140 valence electrons. The zero-order chi connectivity index (χ0) is 19.6. The van der Waals surface area contributed by atoms with Gasteiger partial charge in [-0.3, -0.25) is 9.52 Å². The van der Waals surface area contributed by atoms with Gasteiger partial charge in [-0.2, -0.15) is 0 Å². The van der Waals surface area contributed by atoms with Gasteiger partial charge in [0.1, 0.15) is 4.34 Å². The molecule has 0 bridgehead atoms. The van der Waals surface area contributed by atoms with E-state index in [1.807, 2.05) is 0 Å². The van der Waals surface area contributed by atoms with Gasteiger partial charge in [0.2, 0.25) is 0 Å². The summed E-state index contributed by atoms with van der Waals surface area (Å²) in [6.45, 7) is 0. The van der Waals surface area contributed by atoms with Gasteiger partial charge in [0.25, 0.3) is 15.9 Å². The summed E-state index contributed by atoms with van der Waals surface area (Å²) in [6.07, 6.45) is 0. The largest absolute Gasteiger partial charge is 0.322 e. The number of nitrogens with one attached hydrogen (secondary N) is 2. The van der Waals surface area contributed by atoms with E-state index in [1.165, 1.54) is 24.3 Å². The average Bonchev–Trinajstić information content (AvgIpc) is 2.95. The van der Waals surface area contributed by atoms with Crippen LogP contribution in [0, 0.1) is 0 Å². The Balaban J connectivity index is 1.81. The molecule has 0 spiro atoms. The number of carbonyl (C=O) groups is 1. The molecular formula is C17H11Cl3N2O3S2. The van der Waals surface area contributed by atoms with E-state index in [-0.39, 0.29) is 14.8 Å². The highest BCUT2D eigenvalue weighted by Gasteiger charge is 2.17. The van der Waals surface area contributed by atoms with E-state index in [0.717, 1.165) is 11.3 Å². The maximum Gasteiger partial charge on any atom is 0.261 e. The summed E-state index contributed by atoms with van der Waals surface area (Å²) in [7, 11) is -3.84. The first kappa shape index (κ1) is 20.0. The number of amides is 1. The van der Waals surface area contributed by atoms with Gasteiger partial charge in [-0.1, -0.05) is 40.9 Å². The van der Waals surface area contributed by atoms with Gasteiger partial charge in [-0.15, -0.1) is 11.3 Å². The fraction of sp³-hybridized carbons (Fsp3) is 0. The Morgan fingerprint density at radius 3 is 2.26 bits per heavy atom. The van der Waals surface area contributed by atoms with Crippen LogP contribution in [0.15, 0.2) is 59.5 Å². The first-order valence-electron chi connectivity index (χ1n) is 7.39. The third-order valence-corrected chi connectivity index (χ3v) is 6.52. The van der Waals surface area contributed by atoms with Crippen molar-refractivity contribution in [2.45, 2.75) is 4.90 Å². The molecule has 5 nitrogen and oxygen atoms in total. The van der Waals surface area contributed by atoms with E-state index in [1.54, 1.807) is 30.3 Å². The van der Waals surface area contributed by atoms with Crippen LogP contribution < -0.4 is 10.0 Å². The Hall–Kier alpha value is -1.77. The number of thiophene rings is 1. The number of hydrogen-bond acceptors (Lipinski definition) is 4. The summed E-state index contributed by atoms with van der Waals surface area (Å²) < 4.78 is 28.2. The quantitative estimate of drug-likeness (QED) is 0.507. The lowest BCUT2D eigenvalue weighted by atomic mass is 10.3. The van der Waals surface area contributed by atoms with Crippen LogP contribution >= 0.6 is 46.1 Å². The van der Waals surface area contributed by atoms with Crippen molar-refractivity contribution in [3.05, 3.63) is 73.9 Å². The monoisotopic (exact) mass is 460 g/mol. The van der Waals surface area contributed by atoms with Crippen LogP contribution in [0.3, 0.4) is 0 Å². The molecular weight excluding hydrogens is 451 g/mol. The standard InChI is InChI=1S/C17H11Cl3N2O3S2/c18-10-4-6-11(7-5-10)22-27(24,25)13-3-1-2-12(8-13)21-17(23)14-9-15(19)26-16(14)20/h1-9,22H,(H,21,23). The molecule has 0 unspecified atom stereocenters. The van der Waals surface area contributed by atoms with E-state index in [2.05, 4.69) is 10.0 Å². The van der Waals surface area contributed by atoms with Crippen LogP contribution in [0.25, 0.3) is 0 Å². The molecule has 0 aliphatic heterocycles. The molecule has 0 saturated carbocycles. The predicted octanol–water partition coefficient (Wildman–Crippen LogP) is 5.76. The van der Waals surface area contributed by atoms with Crippen molar-refractivity contribution in [3.63, 3.8) is 0 Å². The molecule has 2 N–H and O–H groups in total.